The number of ether oxygens (including phenoxy) is 1. The van der Waals surface area contributed by atoms with Crippen LogP contribution in [0.15, 0.2) is 24.7 Å². The first-order chi connectivity index (χ1) is 15.0. The maximum Gasteiger partial charge on any atom is 0.252 e. The van der Waals surface area contributed by atoms with E-state index in [1.165, 1.54) is 6.20 Å². The van der Waals surface area contributed by atoms with E-state index in [1.807, 2.05) is 27.7 Å². The number of anilines is 1. The molecule has 1 saturated heterocycles. The molecule has 0 spiro atoms. The lowest BCUT2D eigenvalue weighted by Crippen LogP contribution is -2.39. The van der Waals surface area contributed by atoms with Crippen LogP contribution in [0.5, 0.6) is 0 Å². The van der Waals surface area contributed by atoms with E-state index in [1.54, 1.807) is 18.5 Å². The molecule has 1 fully saturated rings. The summed E-state index contributed by atoms with van der Waals surface area (Å²) >= 11 is 0. The average Bonchev–Trinajstić information content (AvgIpc) is 2.75. The van der Waals surface area contributed by atoms with Crippen molar-refractivity contribution in [1.82, 2.24) is 25.3 Å². The molecule has 0 saturated carbocycles. The molecule has 160 valence electrons. The Kier molecular flexibility index (Phi) is 7.11. The molecule has 8 heteroatoms. The minimum Gasteiger partial charge on any atom is -0.383 e. The molecule has 3 aromatic heterocycles. The lowest BCUT2D eigenvalue weighted by molar-refractivity contribution is -0.0298. The Labute approximate surface area is 181 Å². The van der Waals surface area contributed by atoms with Crippen LogP contribution in [0.3, 0.4) is 0 Å². The van der Waals surface area contributed by atoms with Gasteiger partial charge < -0.3 is 15.8 Å². The van der Waals surface area contributed by atoms with Gasteiger partial charge in [-0.1, -0.05) is 25.7 Å². The van der Waals surface area contributed by atoms with Gasteiger partial charge in [-0.2, -0.15) is 0 Å². The standard InChI is InChI=1S/C21H20N6O2.C2H6/c1-12-13(2)27-19-17(20(22)24-9-18(19)26-12)4-3-14-5-16(8-23-6-14)21(28)25-7-15-10-29-11-15;1-2/h5-6,8-9,15H,7,10-11H2,1-2H3,(H2,22,24)(H,25,28);1-2H3. The topological polar surface area (TPSA) is 116 Å². The van der Waals surface area contributed by atoms with Crippen LogP contribution in [0.2, 0.25) is 0 Å². The number of fused-ring (bicyclic) bond motifs is 1. The number of rotatable bonds is 3. The first-order valence-corrected chi connectivity index (χ1v) is 10.2. The van der Waals surface area contributed by atoms with Crippen LogP contribution in [0.25, 0.3) is 11.0 Å². The molecule has 0 atom stereocenters. The molecule has 1 amide bonds. The van der Waals surface area contributed by atoms with Gasteiger partial charge in [0.05, 0.1) is 41.9 Å². The second-order valence-corrected chi connectivity index (χ2v) is 6.97. The number of aryl methyl sites for hydroxylation is 2. The molecule has 1 aliphatic heterocycles. The molecule has 3 N–H and O–H groups in total. The fourth-order valence-electron chi connectivity index (χ4n) is 2.84. The van der Waals surface area contributed by atoms with Crippen LogP contribution in [0.1, 0.15) is 46.7 Å². The number of hydrogen-bond acceptors (Lipinski definition) is 7. The monoisotopic (exact) mass is 418 g/mol. The average molecular weight is 419 g/mol. The number of amides is 1. The third-order valence-corrected chi connectivity index (χ3v) is 4.74. The lowest BCUT2D eigenvalue weighted by atomic mass is 10.1. The summed E-state index contributed by atoms with van der Waals surface area (Å²) in [6.45, 7) is 9.74. The summed E-state index contributed by atoms with van der Waals surface area (Å²) in [5.41, 5.74) is 10.5. The zero-order chi connectivity index (χ0) is 22.4. The predicted molar refractivity (Wildman–Crippen MR) is 119 cm³/mol. The van der Waals surface area contributed by atoms with E-state index in [2.05, 4.69) is 37.1 Å². The largest absolute Gasteiger partial charge is 0.383 e. The highest BCUT2D eigenvalue weighted by Crippen LogP contribution is 2.19. The zero-order valence-corrected chi connectivity index (χ0v) is 18.2. The number of carbonyl (C=O) groups excluding carboxylic acids is 1. The summed E-state index contributed by atoms with van der Waals surface area (Å²) in [4.78, 5) is 29.7. The number of nitrogens with zero attached hydrogens (tertiary/aromatic N) is 4. The van der Waals surface area contributed by atoms with E-state index >= 15 is 0 Å². The van der Waals surface area contributed by atoms with Crippen molar-refractivity contribution in [3.63, 3.8) is 0 Å². The van der Waals surface area contributed by atoms with Crippen molar-refractivity contribution in [2.75, 3.05) is 25.5 Å². The van der Waals surface area contributed by atoms with Gasteiger partial charge >= 0.3 is 0 Å². The van der Waals surface area contributed by atoms with Crippen molar-refractivity contribution in [1.29, 1.82) is 0 Å². The smallest absolute Gasteiger partial charge is 0.252 e. The Hall–Kier alpha value is -3.57. The molecular weight excluding hydrogens is 392 g/mol. The molecule has 0 unspecified atom stereocenters. The fourth-order valence-corrected chi connectivity index (χ4v) is 2.84. The Bertz CT molecular complexity index is 1160. The quantitative estimate of drug-likeness (QED) is 0.628. The molecule has 31 heavy (non-hydrogen) atoms. The van der Waals surface area contributed by atoms with Crippen molar-refractivity contribution in [3.05, 3.63) is 52.7 Å². The van der Waals surface area contributed by atoms with Gasteiger partial charge in [0.25, 0.3) is 5.91 Å². The third kappa shape index (κ3) is 5.13. The van der Waals surface area contributed by atoms with Crippen molar-refractivity contribution in [2.24, 2.45) is 5.92 Å². The van der Waals surface area contributed by atoms with Crippen molar-refractivity contribution in [3.8, 4) is 11.8 Å². The highest BCUT2D eigenvalue weighted by molar-refractivity contribution is 5.94. The third-order valence-electron chi connectivity index (χ3n) is 4.74. The van der Waals surface area contributed by atoms with Gasteiger partial charge in [-0.15, -0.1) is 0 Å². The van der Waals surface area contributed by atoms with Crippen LogP contribution >= 0.6 is 0 Å². The molecule has 4 heterocycles. The normalized spacial score (nSPS) is 12.8. The van der Waals surface area contributed by atoms with E-state index in [9.17, 15) is 4.79 Å². The summed E-state index contributed by atoms with van der Waals surface area (Å²) in [6, 6.07) is 1.70. The number of carbonyl (C=O) groups is 1. The van der Waals surface area contributed by atoms with Crippen LogP contribution in [-0.4, -0.2) is 45.6 Å². The number of nitrogens with one attached hydrogen (secondary N) is 1. The van der Waals surface area contributed by atoms with Crippen molar-refractivity contribution < 1.29 is 9.53 Å². The van der Waals surface area contributed by atoms with Gasteiger partial charge in [0, 0.05) is 30.4 Å². The Morgan fingerprint density at radius 2 is 1.90 bits per heavy atom. The van der Waals surface area contributed by atoms with Gasteiger partial charge in [-0.25, -0.2) is 15.0 Å². The molecule has 0 radical (unpaired) electrons. The molecular formula is C23H26N6O2. The van der Waals surface area contributed by atoms with Gasteiger partial charge in [-0.3, -0.25) is 9.78 Å². The zero-order valence-electron chi connectivity index (χ0n) is 18.2. The summed E-state index contributed by atoms with van der Waals surface area (Å²) in [6.07, 6.45) is 4.71. The van der Waals surface area contributed by atoms with Gasteiger partial charge in [0.1, 0.15) is 16.9 Å². The van der Waals surface area contributed by atoms with Crippen molar-refractivity contribution in [2.45, 2.75) is 27.7 Å². The number of nitrogens with two attached hydrogens (primary N) is 1. The van der Waals surface area contributed by atoms with Crippen LogP contribution in [-0.2, 0) is 4.74 Å². The summed E-state index contributed by atoms with van der Waals surface area (Å²) < 4.78 is 5.11. The van der Waals surface area contributed by atoms with Crippen LogP contribution in [0.4, 0.5) is 5.82 Å². The Morgan fingerprint density at radius 1 is 1.16 bits per heavy atom. The molecule has 1 aliphatic rings. The fraction of sp³-hybridized carbons (Fsp3) is 0.348. The molecule has 0 aromatic carbocycles. The molecule has 0 bridgehead atoms. The van der Waals surface area contributed by atoms with Crippen molar-refractivity contribution >= 4 is 22.8 Å². The predicted octanol–water partition coefficient (Wildman–Crippen LogP) is 2.42. The maximum absolute atomic E-state index is 12.3. The first kappa shape index (κ1) is 22.1. The number of pyridine rings is 2. The van der Waals surface area contributed by atoms with E-state index in [0.29, 0.717) is 53.4 Å². The van der Waals surface area contributed by atoms with E-state index in [-0.39, 0.29) is 11.7 Å². The highest BCUT2D eigenvalue weighted by atomic mass is 16.5. The minimum atomic E-state index is -0.184. The lowest BCUT2D eigenvalue weighted by Gasteiger charge is -2.25. The SMILES string of the molecule is CC.Cc1nc2cnc(N)c(C#Cc3cncc(C(=O)NCC4COC4)c3)c2nc1C. The maximum atomic E-state index is 12.3. The second-order valence-electron chi connectivity index (χ2n) is 6.97. The van der Waals surface area contributed by atoms with Crippen LogP contribution in [0, 0.1) is 31.6 Å². The Morgan fingerprint density at radius 3 is 2.61 bits per heavy atom. The first-order valence-electron chi connectivity index (χ1n) is 10.2. The summed E-state index contributed by atoms with van der Waals surface area (Å²) in [5.74, 6) is 6.52. The van der Waals surface area contributed by atoms with Gasteiger partial charge in [0.2, 0.25) is 0 Å². The van der Waals surface area contributed by atoms with E-state index in [4.69, 9.17) is 10.5 Å². The Balaban J connectivity index is 0.00000132. The van der Waals surface area contributed by atoms with Gasteiger partial charge in [0.15, 0.2) is 0 Å². The highest BCUT2D eigenvalue weighted by Gasteiger charge is 2.19. The number of nitrogen functional groups attached to an aromatic ring is 1. The number of aromatic nitrogens is 4. The minimum absolute atomic E-state index is 0.184. The number of hydrogen-bond donors (Lipinski definition) is 2. The van der Waals surface area contributed by atoms with E-state index < -0.39 is 0 Å². The van der Waals surface area contributed by atoms with Crippen LogP contribution < -0.4 is 11.1 Å². The van der Waals surface area contributed by atoms with Gasteiger partial charge in [-0.05, 0) is 19.9 Å². The van der Waals surface area contributed by atoms with E-state index in [0.717, 1.165) is 11.4 Å². The molecule has 0 aliphatic carbocycles. The molecule has 4 rings (SSSR count). The molecule has 3 aromatic rings. The second kappa shape index (κ2) is 9.96. The summed E-state index contributed by atoms with van der Waals surface area (Å²) in [5, 5.41) is 2.89. The molecule has 8 nitrogen and oxygen atoms in total. The summed E-state index contributed by atoms with van der Waals surface area (Å²) in [7, 11) is 0.